The third kappa shape index (κ3) is 24.5. The number of ether oxygens (including phenoxy) is 4. The van der Waals surface area contributed by atoms with E-state index in [2.05, 4.69) is 21.3 Å². The SMILES string of the molecule is NCCCC[C@@H](C(=O)O)N(C(=O)CCS[C@H]1O[C@H](CO)[C@@H](O)[C@H](O)[C@@H]1O)C(=O)[C@H](CCCCNC(=O)CCS[C@H]1O[C@H](CO)[C@@H](O)[C@H](O)[C@@H]1O)NC(=O)[C@H](CCCCNC(=O)CCS[C@H]1O[C@H](CO)[C@@H](O)[C@H](O)[C@@H]1O)NC(=O)CCS[C@H]1O[C@H](CO)[C@@H](O)[C@H](O)[C@@H]1O. The Labute approximate surface area is 547 Å². The number of carbonyl (C=O) groups excluding carboxylic acids is 6. The van der Waals surface area contributed by atoms with Gasteiger partial charge in [-0.2, -0.15) is 0 Å². The van der Waals surface area contributed by atoms with Crippen LogP contribution in [0.5, 0.6) is 0 Å². The maximum Gasteiger partial charge on any atom is 0.326 e. The number of hydrogen-bond donors (Lipinski definition) is 22. The van der Waals surface area contributed by atoms with Gasteiger partial charge < -0.3 is 133 Å². The number of thioether (sulfide) groups is 4. The van der Waals surface area contributed by atoms with Gasteiger partial charge in [-0.3, -0.25) is 33.7 Å². The van der Waals surface area contributed by atoms with E-state index in [4.69, 9.17) is 24.7 Å². The number of nitrogens with one attached hydrogen (secondary N) is 4. The molecule has 0 aromatic heterocycles. The van der Waals surface area contributed by atoms with Gasteiger partial charge in [-0.05, 0) is 64.3 Å². The zero-order chi connectivity index (χ0) is 68.4. The van der Waals surface area contributed by atoms with Crippen molar-refractivity contribution in [2.75, 3.05) is 69.1 Å². The number of aliphatic carboxylic acids is 1. The Morgan fingerprint density at radius 1 is 0.413 bits per heavy atom. The van der Waals surface area contributed by atoms with Crippen molar-refractivity contribution in [2.24, 2.45) is 5.73 Å². The molecule has 4 rings (SSSR count). The number of aliphatic hydroxyl groups excluding tert-OH is 16. The van der Waals surface area contributed by atoms with Crippen molar-refractivity contribution >= 4 is 88.5 Å². The molecule has 92 heavy (non-hydrogen) atoms. The number of nitrogens with two attached hydrogens (primary N) is 1. The second-order valence-corrected chi connectivity index (χ2v) is 27.2. The Morgan fingerprint density at radius 2 is 0.750 bits per heavy atom. The van der Waals surface area contributed by atoms with Gasteiger partial charge in [0.2, 0.25) is 29.5 Å². The van der Waals surface area contributed by atoms with E-state index >= 15 is 4.79 Å². The van der Waals surface area contributed by atoms with E-state index in [0.29, 0.717) is 4.90 Å². The Kier molecular flexibility index (Phi) is 37.2. The highest BCUT2D eigenvalue weighted by molar-refractivity contribution is 8.00. The molecule has 4 heterocycles. The van der Waals surface area contributed by atoms with Crippen LogP contribution in [0.25, 0.3) is 0 Å². The standard InChI is InChI=1S/C54H94N6O28S4/c55-14-4-1-9-27(50(83)84)60(35(68)13-20-92-54-47(80)43(76)39(72)31(24-64)88-54)49(82)26(8-3-6-16-57-33(66)11-18-90-52-45(78)41(74)37(70)29(22-62)86-52)59-48(81)25(58-34(67)12-19-91-53-46(79)42(75)38(71)30(23-63)87-53)7-2-5-15-56-32(65)10-17-89-51-44(77)40(73)36(69)28(21-61)85-51/h25-31,36-47,51-54,61-64,69-80H,1-24,55H2,(H,56,65)(H,57,66)(H,58,67)(H,59,81)(H,83,84)/t25-,26-,27-,28+,29+,30+,31+,36+,37+,38+,39+,40-,41-,42-,43-,44-,45-,46-,47-,51+,52+,53+,54+/m0/s1. The summed E-state index contributed by atoms with van der Waals surface area (Å²) in [4.78, 5) is 97.3. The lowest BCUT2D eigenvalue weighted by molar-refractivity contribution is -0.205. The van der Waals surface area contributed by atoms with E-state index in [-0.39, 0.29) is 120 Å². The van der Waals surface area contributed by atoms with Crippen molar-refractivity contribution in [1.29, 1.82) is 0 Å². The summed E-state index contributed by atoms with van der Waals surface area (Å²) >= 11 is 3.50. The summed E-state index contributed by atoms with van der Waals surface area (Å²) in [5, 5.41) is 183. The summed E-state index contributed by atoms with van der Waals surface area (Å²) in [6.07, 6.45) is -25.7. The second-order valence-electron chi connectivity index (χ2n) is 22.4. The average Bonchev–Trinajstić information content (AvgIpc) is 1.04. The van der Waals surface area contributed by atoms with Crippen LogP contribution >= 0.6 is 47.0 Å². The molecule has 4 aliphatic heterocycles. The molecule has 0 aliphatic carbocycles. The number of unbranched alkanes of at least 4 members (excludes halogenated alkanes) is 3. The summed E-state index contributed by atoms with van der Waals surface area (Å²) in [5.41, 5.74) is 1.00. The minimum Gasteiger partial charge on any atom is -0.480 e. The third-order valence-electron chi connectivity index (χ3n) is 15.6. The van der Waals surface area contributed by atoms with Gasteiger partial charge in [0.25, 0.3) is 5.91 Å². The topological polar surface area (TPSA) is 578 Å². The summed E-state index contributed by atoms with van der Waals surface area (Å²) in [5.74, 6) is -6.88. The first-order valence-electron chi connectivity index (χ1n) is 30.4. The Hall–Kier alpha value is -2.95. The highest BCUT2D eigenvalue weighted by Crippen LogP contribution is 2.33. The van der Waals surface area contributed by atoms with Crippen LogP contribution < -0.4 is 27.0 Å². The van der Waals surface area contributed by atoms with Crippen LogP contribution in [0.15, 0.2) is 0 Å². The number of carboxylic acids is 1. The largest absolute Gasteiger partial charge is 0.480 e. The van der Waals surface area contributed by atoms with Gasteiger partial charge in [0.1, 0.15) is 138 Å². The smallest absolute Gasteiger partial charge is 0.326 e. The first-order chi connectivity index (χ1) is 43.8. The number of hydrogen-bond acceptors (Lipinski definition) is 32. The molecule has 23 atom stereocenters. The molecule has 4 fully saturated rings. The molecule has 34 nitrogen and oxygen atoms in total. The van der Waals surface area contributed by atoms with Gasteiger partial charge in [0.05, 0.1) is 26.4 Å². The molecule has 0 aromatic rings. The minimum atomic E-state index is -1.85. The van der Waals surface area contributed by atoms with Crippen molar-refractivity contribution < 1.29 is 139 Å². The van der Waals surface area contributed by atoms with E-state index < -0.39 is 212 Å². The number of carbonyl (C=O) groups is 7. The first kappa shape index (κ1) is 81.5. The Morgan fingerprint density at radius 3 is 1.10 bits per heavy atom. The number of amides is 6. The second kappa shape index (κ2) is 42.0. The fourth-order valence-electron chi connectivity index (χ4n) is 10.1. The highest BCUT2D eigenvalue weighted by Gasteiger charge is 2.48. The van der Waals surface area contributed by atoms with Gasteiger partial charge >= 0.3 is 5.97 Å². The molecule has 0 bridgehead atoms. The molecule has 0 spiro atoms. The monoisotopic (exact) mass is 1400 g/mol. The van der Waals surface area contributed by atoms with Gasteiger partial charge in [0.15, 0.2) is 0 Å². The van der Waals surface area contributed by atoms with Crippen LogP contribution in [0.3, 0.4) is 0 Å². The van der Waals surface area contributed by atoms with E-state index in [9.17, 15) is 116 Å². The van der Waals surface area contributed by atoms with Gasteiger partial charge in [0, 0.05) is 61.8 Å². The molecule has 0 radical (unpaired) electrons. The van der Waals surface area contributed by atoms with Gasteiger partial charge in [-0.1, -0.05) is 0 Å². The summed E-state index contributed by atoms with van der Waals surface area (Å²) in [7, 11) is 0. The number of imide groups is 1. The van der Waals surface area contributed by atoms with Crippen molar-refractivity contribution in [3.05, 3.63) is 0 Å². The lowest BCUT2D eigenvalue weighted by atomic mass is 10.0. The van der Waals surface area contributed by atoms with E-state index in [1.165, 1.54) is 0 Å². The Bertz CT molecular complexity index is 2260. The average molecular weight is 1400 g/mol. The number of rotatable bonds is 40. The maximum absolute atomic E-state index is 15.1. The van der Waals surface area contributed by atoms with Crippen LogP contribution in [-0.2, 0) is 52.5 Å². The Balaban J connectivity index is 1.55. The fourth-order valence-corrected chi connectivity index (χ4v) is 14.6. The predicted octanol–water partition coefficient (Wildman–Crippen LogP) is -8.84. The number of nitrogens with zero attached hydrogens (tertiary/aromatic N) is 1. The van der Waals surface area contributed by atoms with Crippen molar-refractivity contribution in [3.63, 3.8) is 0 Å². The maximum atomic E-state index is 15.1. The molecular formula is C54H94N6O28S4. The third-order valence-corrected chi connectivity index (χ3v) is 20.2. The van der Waals surface area contributed by atoms with Crippen molar-refractivity contribution in [2.45, 2.75) is 221 Å². The molecule has 4 aliphatic rings. The zero-order valence-corrected chi connectivity index (χ0v) is 53.8. The van der Waals surface area contributed by atoms with Crippen molar-refractivity contribution in [1.82, 2.24) is 26.2 Å². The molecule has 0 unspecified atom stereocenters. The van der Waals surface area contributed by atoms with Crippen LogP contribution in [0.2, 0.25) is 0 Å². The number of aliphatic hydroxyl groups is 16. The molecule has 0 aromatic carbocycles. The molecule has 23 N–H and O–H groups in total. The molecular weight excluding hydrogens is 1310 g/mol. The normalized spacial score (nSPS) is 32.6. The lowest BCUT2D eigenvalue weighted by Gasteiger charge is -2.39. The first-order valence-corrected chi connectivity index (χ1v) is 34.6. The molecule has 38 heteroatoms. The molecule has 0 saturated carbocycles. The van der Waals surface area contributed by atoms with Crippen LogP contribution in [-0.4, -0.2) is 340 Å². The highest BCUT2D eigenvalue weighted by atomic mass is 32.2. The van der Waals surface area contributed by atoms with E-state index in [0.717, 1.165) is 47.0 Å². The molecule has 532 valence electrons. The van der Waals surface area contributed by atoms with Gasteiger partial charge in [-0.15, -0.1) is 47.0 Å². The summed E-state index contributed by atoms with van der Waals surface area (Å²) in [6.45, 7) is -2.66. The number of carboxylic acid groups (broad SMARTS) is 1. The predicted molar refractivity (Wildman–Crippen MR) is 327 cm³/mol. The molecule has 6 amide bonds. The van der Waals surface area contributed by atoms with Crippen LogP contribution in [0, 0.1) is 0 Å². The van der Waals surface area contributed by atoms with Crippen LogP contribution in [0.4, 0.5) is 0 Å². The van der Waals surface area contributed by atoms with Crippen LogP contribution in [0.1, 0.15) is 83.5 Å². The summed E-state index contributed by atoms with van der Waals surface area (Å²) < 4.78 is 22.0. The quantitative estimate of drug-likeness (QED) is 0.0253. The van der Waals surface area contributed by atoms with E-state index in [1.54, 1.807) is 0 Å². The minimum absolute atomic E-state index is 0.00339. The molecule has 4 saturated heterocycles. The van der Waals surface area contributed by atoms with Gasteiger partial charge in [-0.25, -0.2) is 4.79 Å². The van der Waals surface area contributed by atoms with Crippen molar-refractivity contribution in [3.8, 4) is 0 Å². The lowest BCUT2D eigenvalue weighted by Crippen LogP contribution is -2.58. The van der Waals surface area contributed by atoms with E-state index in [1.807, 2.05) is 0 Å². The summed E-state index contributed by atoms with van der Waals surface area (Å²) in [6, 6.07) is -5.07. The zero-order valence-electron chi connectivity index (χ0n) is 50.5. The fraction of sp³-hybridized carbons (Fsp3) is 0.870.